The smallest absolute Gasteiger partial charge is 0.372 e. The minimum atomic E-state index is -0.757. The van der Waals surface area contributed by atoms with Crippen molar-refractivity contribution in [2.75, 3.05) is 6.61 Å². The van der Waals surface area contributed by atoms with Gasteiger partial charge in [-0.3, -0.25) is 0 Å². The van der Waals surface area contributed by atoms with E-state index in [9.17, 15) is 4.79 Å². The van der Waals surface area contributed by atoms with Crippen molar-refractivity contribution in [3.8, 4) is 0 Å². The predicted molar refractivity (Wildman–Crippen MR) is 48.8 cm³/mol. The van der Waals surface area contributed by atoms with Crippen LogP contribution in [0.1, 0.15) is 6.92 Å². The molecule has 1 N–H and O–H groups in total. The second-order valence-electron chi connectivity index (χ2n) is 1.64. The summed E-state index contributed by atoms with van der Waals surface area (Å²) in [6, 6.07) is 0. The zero-order chi connectivity index (χ0) is 9.98. The number of allylic oxidation sites excluding steroid dienone is 2. The highest BCUT2D eigenvalue weighted by Gasteiger charge is 2.01. The number of esters is 1. The first-order valence-electron chi connectivity index (χ1n) is 3.38. The van der Waals surface area contributed by atoms with E-state index < -0.39 is 11.7 Å². The summed E-state index contributed by atoms with van der Waals surface area (Å²) < 4.78 is 4.31. The second-order valence-corrected chi connectivity index (χ2v) is 1.64. The first-order valence-corrected chi connectivity index (χ1v) is 3.38. The molecule has 0 rings (SSSR count). The van der Waals surface area contributed by atoms with Gasteiger partial charge in [0.15, 0.2) is 5.76 Å². The fourth-order valence-electron chi connectivity index (χ4n) is 0.214. The van der Waals surface area contributed by atoms with Crippen LogP contribution in [0.2, 0.25) is 0 Å². The number of rotatable bonds is 3. The van der Waals surface area contributed by atoms with Crippen molar-refractivity contribution in [3.05, 3.63) is 37.6 Å². The van der Waals surface area contributed by atoms with Crippen LogP contribution in [-0.2, 0) is 9.53 Å². The summed E-state index contributed by atoms with van der Waals surface area (Å²) in [4.78, 5) is 10.2. The van der Waals surface area contributed by atoms with E-state index in [1.165, 1.54) is 0 Å². The monoisotopic (exact) mass is 170 g/mol. The Hall–Kier alpha value is -1.51. The van der Waals surface area contributed by atoms with Crippen molar-refractivity contribution in [2.24, 2.45) is 0 Å². The van der Waals surface area contributed by atoms with Crippen molar-refractivity contribution in [1.29, 1.82) is 0 Å². The minimum absolute atomic E-state index is 0.262. The van der Waals surface area contributed by atoms with Gasteiger partial charge in [-0.1, -0.05) is 25.3 Å². The van der Waals surface area contributed by atoms with E-state index in [-0.39, 0.29) is 6.61 Å². The van der Waals surface area contributed by atoms with Crippen molar-refractivity contribution >= 4 is 5.97 Å². The van der Waals surface area contributed by atoms with Gasteiger partial charge in [-0.2, -0.15) is 0 Å². The molecule has 0 fully saturated rings. The maximum absolute atomic E-state index is 10.2. The Balaban J connectivity index is 0. The van der Waals surface area contributed by atoms with E-state index >= 15 is 0 Å². The van der Waals surface area contributed by atoms with Gasteiger partial charge in [-0.25, -0.2) is 4.79 Å². The molecule has 0 aromatic heterocycles. The van der Waals surface area contributed by atoms with E-state index in [1.807, 2.05) is 0 Å². The van der Waals surface area contributed by atoms with Crippen LogP contribution >= 0.6 is 0 Å². The van der Waals surface area contributed by atoms with Gasteiger partial charge in [-0.15, -0.1) is 0 Å². The fraction of sp³-hybridized carbons (Fsp3) is 0.222. The van der Waals surface area contributed by atoms with Gasteiger partial charge in [0, 0.05) is 0 Å². The third kappa shape index (κ3) is 11.3. The molecule has 0 amide bonds. The van der Waals surface area contributed by atoms with Gasteiger partial charge in [0.1, 0.15) is 0 Å². The molecule has 0 aromatic carbocycles. The Kier molecular flexibility index (Phi) is 10.4. The zero-order valence-electron chi connectivity index (χ0n) is 7.25. The predicted octanol–water partition coefficient (Wildman–Crippen LogP) is 1.98. The molecule has 0 atom stereocenters. The van der Waals surface area contributed by atoms with Crippen LogP contribution < -0.4 is 0 Å². The summed E-state index contributed by atoms with van der Waals surface area (Å²) in [6.07, 6.45) is 3.28. The lowest BCUT2D eigenvalue weighted by Crippen LogP contribution is -2.05. The molecule has 0 heterocycles. The number of carbonyl (C=O) groups is 1. The van der Waals surface area contributed by atoms with Crippen LogP contribution in [0.15, 0.2) is 37.6 Å². The number of aliphatic hydroxyl groups excluding tert-OH is 1. The van der Waals surface area contributed by atoms with Crippen molar-refractivity contribution in [1.82, 2.24) is 0 Å². The number of hydrogen-bond donors (Lipinski definition) is 1. The van der Waals surface area contributed by atoms with Crippen molar-refractivity contribution < 1.29 is 14.6 Å². The average Bonchev–Trinajstić information content (AvgIpc) is 2.05. The van der Waals surface area contributed by atoms with Crippen LogP contribution in [-0.4, -0.2) is 17.7 Å². The molecule has 0 unspecified atom stereocenters. The molecule has 0 bridgehead atoms. The van der Waals surface area contributed by atoms with Crippen LogP contribution in [0.5, 0.6) is 0 Å². The summed E-state index contributed by atoms with van der Waals surface area (Å²) in [5.41, 5.74) is 0. The molecule has 0 aliphatic carbocycles. The van der Waals surface area contributed by atoms with E-state index in [0.717, 1.165) is 0 Å². The summed E-state index contributed by atoms with van der Waals surface area (Å²) in [5, 5.41) is 8.28. The molecule has 0 radical (unpaired) electrons. The Bertz CT molecular complexity index is 165. The maximum atomic E-state index is 10.2. The lowest BCUT2D eigenvalue weighted by molar-refractivity contribution is -0.141. The molecule has 0 aromatic rings. The topological polar surface area (TPSA) is 46.5 Å². The molecule has 68 valence electrons. The highest BCUT2D eigenvalue weighted by Crippen LogP contribution is 1.85. The summed E-state index contributed by atoms with van der Waals surface area (Å²) in [6.45, 7) is 11.6. The van der Waals surface area contributed by atoms with Crippen LogP contribution in [0.3, 0.4) is 0 Å². The molecular formula is C9H14O3. The molecule has 3 heteroatoms. The van der Waals surface area contributed by atoms with Gasteiger partial charge in [0.25, 0.3) is 0 Å². The van der Waals surface area contributed by atoms with Crippen LogP contribution in [0.4, 0.5) is 0 Å². The molecular weight excluding hydrogens is 156 g/mol. The highest BCUT2D eigenvalue weighted by molar-refractivity contribution is 5.84. The van der Waals surface area contributed by atoms with Crippen LogP contribution in [0.25, 0.3) is 0 Å². The van der Waals surface area contributed by atoms with Gasteiger partial charge in [0.05, 0.1) is 6.61 Å². The van der Waals surface area contributed by atoms with Gasteiger partial charge in [0.2, 0.25) is 0 Å². The van der Waals surface area contributed by atoms with Crippen molar-refractivity contribution in [3.63, 3.8) is 0 Å². The molecule has 0 aliphatic rings. The number of carbonyl (C=O) groups excluding carboxylic acids is 1. The lowest BCUT2D eigenvalue weighted by atomic mass is 10.6. The van der Waals surface area contributed by atoms with Gasteiger partial charge in [-0.05, 0) is 13.5 Å². The molecule has 0 saturated heterocycles. The SMILES string of the molecule is C=C(O)C(=O)OCC.C=CC=C. The van der Waals surface area contributed by atoms with Crippen LogP contribution in [0, 0.1) is 0 Å². The number of aliphatic hydroxyl groups is 1. The third-order valence-corrected chi connectivity index (χ3v) is 0.678. The Morgan fingerprint density at radius 2 is 1.92 bits per heavy atom. The van der Waals surface area contributed by atoms with E-state index in [4.69, 9.17) is 5.11 Å². The van der Waals surface area contributed by atoms with Gasteiger partial charge < -0.3 is 9.84 Å². The summed E-state index contributed by atoms with van der Waals surface area (Å²) in [5.74, 6) is -1.31. The second kappa shape index (κ2) is 9.49. The molecule has 3 nitrogen and oxygen atoms in total. The molecule has 0 spiro atoms. The van der Waals surface area contributed by atoms with E-state index in [0.29, 0.717) is 0 Å². The Morgan fingerprint density at radius 3 is 2.00 bits per heavy atom. The maximum Gasteiger partial charge on any atom is 0.372 e. The third-order valence-electron chi connectivity index (χ3n) is 0.678. The quantitative estimate of drug-likeness (QED) is 0.305. The summed E-state index contributed by atoms with van der Waals surface area (Å²) >= 11 is 0. The zero-order valence-corrected chi connectivity index (χ0v) is 7.25. The first kappa shape index (κ1) is 13.1. The minimum Gasteiger partial charge on any atom is -0.502 e. The first-order chi connectivity index (χ1) is 5.59. The number of hydrogen-bond acceptors (Lipinski definition) is 3. The molecule has 0 saturated carbocycles. The normalized spacial score (nSPS) is 7.08. The standard InChI is InChI=1S/C5H8O3.C4H6/c1-3-8-5(7)4(2)6;1-3-4-2/h6H,2-3H2,1H3;3-4H,1-2H2. The van der Waals surface area contributed by atoms with Gasteiger partial charge >= 0.3 is 5.97 Å². The largest absolute Gasteiger partial charge is 0.502 e. The Morgan fingerprint density at radius 1 is 1.50 bits per heavy atom. The Labute approximate surface area is 72.7 Å². The lowest BCUT2D eigenvalue weighted by Gasteiger charge is -1.95. The molecule has 12 heavy (non-hydrogen) atoms. The highest BCUT2D eigenvalue weighted by atomic mass is 16.5. The summed E-state index contributed by atoms with van der Waals surface area (Å²) in [7, 11) is 0. The molecule has 0 aliphatic heterocycles. The average molecular weight is 170 g/mol. The van der Waals surface area contributed by atoms with E-state index in [2.05, 4.69) is 24.5 Å². The number of ether oxygens (including phenoxy) is 1. The van der Waals surface area contributed by atoms with Crippen molar-refractivity contribution in [2.45, 2.75) is 6.92 Å². The van der Waals surface area contributed by atoms with E-state index in [1.54, 1.807) is 19.1 Å². The fourth-order valence-corrected chi connectivity index (χ4v) is 0.214.